The van der Waals surface area contributed by atoms with Crippen LogP contribution < -0.4 is 27.4 Å². The molecule has 5 nitrogen and oxygen atoms in total. The maximum absolute atomic E-state index is 5.44. The van der Waals surface area contributed by atoms with Gasteiger partial charge in [0.15, 0.2) is 0 Å². The highest BCUT2D eigenvalue weighted by Crippen LogP contribution is 1.87. The van der Waals surface area contributed by atoms with Crippen LogP contribution in [0.1, 0.15) is 44.9 Å². The van der Waals surface area contributed by atoms with Gasteiger partial charge in [-0.3, -0.25) is 0 Å². The minimum atomic E-state index is 0.811. The molecule has 0 aliphatic rings. The van der Waals surface area contributed by atoms with Gasteiger partial charge in [-0.2, -0.15) is 0 Å². The van der Waals surface area contributed by atoms with Gasteiger partial charge in [-0.05, 0) is 97.3 Å². The highest BCUT2D eigenvalue weighted by molar-refractivity contribution is 4.55. The van der Waals surface area contributed by atoms with Crippen molar-refractivity contribution in [1.29, 1.82) is 0 Å². The Bertz CT molecular complexity index is 148. The van der Waals surface area contributed by atoms with Crippen molar-refractivity contribution in [2.45, 2.75) is 44.9 Å². The number of rotatable bonds is 17. The van der Waals surface area contributed by atoms with Crippen LogP contribution in [0.4, 0.5) is 0 Å². The second-order valence-electron chi connectivity index (χ2n) is 5.30. The van der Waals surface area contributed by atoms with Crippen molar-refractivity contribution in [3.05, 3.63) is 0 Å². The van der Waals surface area contributed by atoms with Crippen LogP contribution in [0.15, 0.2) is 0 Å². The molecule has 0 aliphatic heterocycles. The van der Waals surface area contributed by atoms with E-state index in [9.17, 15) is 0 Å². The topological polar surface area (TPSA) is 88.1 Å². The van der Waals surface area contributed by atoms with Gasteiger partial charge in [0.1, 0.15) is 0 Å². The molecule has 20 heavy (non-hydrogen) atoms. The lowest BCUT2D eigenvalue weighted by molar-refractivity contribution is 0.547. The summed E-state index contributed by atoms with van der Waals surface area (Å²) < 4.78 is 0. The third-order valence-electron chi connectivity index (χ3n) is 3.28. The van der Waals surface area contributed by atoms with Gasteiger partial charge in [0.2, 0.25) is 0 Å². The van der Waals surface area contributed by atoms with E-state index >= 15 is 0 Å². The fourth-order valence-corrected chi connectivity index (χ4v) is 2.00. The lowest BCUT2D eigenvalue weighted by Gasteiger charge is -2.07. The number of hydrogen-bond acceptors (Lipinski definition) is 5. The van der Waals surface area contributed by atoms with E-state index in [0.29, 0.717) is 0 Å². The summed E-state index contributed by atoms with van der Waals surface area (Å²) in [5.74, 6) is 0. The van der Waals surface area contributed by atoms with E-state index in [0.717, 1.165) is 65.2 Å². The number of nitrogens with two attached hydrogens (primary N) is 2. The monoisotopic (exact) mass is 287 g/mol. The first kappa shape index (κ1) is 19.8. The Morgan fingerprint density at radius 3 is 1.05 bits per heavy atom. The molecule has 0 heterocycles. The van der Waals surface area contributed by atoms with Gasteiger partial charge in [0.05, 0.1) is 0 Å². The minimum Gasteiger partial charge on any atom is -0.330 e. The van der Waals surface area contributed by atoms with Crippen LogP contribution in [-0.4, -0.2) is 52.4 Å². The van der Waals surface area contributed by atoms with E-state index in [-0.39, 0.29) is 0 Å². The molecule has 7 N–H and O–H groups in total. The second-order valence-corrected chi connectivity index (χ2v) is 5.30. The molecular formula is C15H37N5. The Labute approximate surface area is 125 Å². The summed E-state index contributed by atoms with van der Waals surface area (Å²) in [4.78, 5) is 0. The van der Waals surface area contributed by atoms with Crippen molar-refractivity contribution in [3.8, 4) is 0 Å². The van der Waals surface area contributed by atoms with Gasteiger partial charge in [-0.15, -0.1) is 0 Å². The van der Waals surface area contributed by atoms with Crippen LogP contribution in [0.5, 0.6) is 0 Å². The summed E-state index contributed by atoms with van der Waals surface area (Å²) in [6, 6.07) is 0. The smallest absolute Gasteiger partial charge is 0.00368 e. The predicted molar refractivity (Wildman–Crippen MR) is 89.0 cm³/mol. The molecule has 0 saturated carbocycles. The molecule has 0 aromatic carbocycles. The average Bonchev–Trinajstić information content (AvgIpc) is 2.47. The Morgan fingerprint density at radius 1 is 0.400 bits per heavy atom. The zero-order valence-electron chi connectivity index (χ0n) is 13.3. The van der Waals surface area contributed by atoms with Gasteiger partial charge < -0.3 is 27.4 Å². The van der Waals surface area contributed by atoms with Gasteiger partial charge in [0.25, 0.3) is 0 Å². The predicted octanol–water partition coefficient (Wildman–Crippen LogP) is 0.403. The van der Waals surface area contributed by atoms with Crippen molar-refractivity contribution < 1.29 is 0 Å². The molecule has 0 atom stereocenters. The molecule has 0 aromatic rings. The Kier molecular flexibility index (Phi) is 18.6. The summed E-state index contributed by atoms with van der Waals surface area (Å²) in [5, 5.41) is 10.4. The molecule has 0 aromatic heterocycles. The highest BCUT2D eigenvalue weighted by Gasteiger charge is 1.92. The fourth-order valence-electron chi connectivity index (χ4n) is 2.00. The molecule has 0 rings (SSSR count). The summed E-state index contributed by atoms with van der Waals surface area (Å²) in [6.45, 7) is 8.34. The van der Waals surface area contributed by atoms with Gasteiger partial charge in [0, 0.05) is 0 Å². The van der Waals surface area contributed by atoms with Crippen LogP contribution in [0.25, 0.3) is 0 Å². The molecule has 0 aliphatic carbocycles. The lowest BCUT2D eigenvalue weighted by Crippen LogP contribution is -2.24. The molecule has 0 bridgehead atoms. The number of hydrogen-bond donors (Lipinski definition) is 5. The molecule has 0 unspecified atom stereocenters. The van der Waals surface area contributed by atoms with Crippen LogP contribution in [-0.2, 0) is 0 Å². The Morgan fingerprint density at radius 2 is 0.700 bits per heavy atom. The maximum Gasteiger partial charge on any atom is -0.00368 e. The average molecular weight is 287 g/mol. The summed E-state index contributed by atoms with van der Waals surface area (Å²) in [7, 11) is 0. The largest absolute Gasteiger partial charge is 0.330 e. The normalized spacial score (nSPS) is 11.1. The quantitative estimate of drug-likeness (QED) is 0.250. The van der Waals surface area contributed by atoms with E-state index in [4.69, 9.17) is 11.5 Å². The first-order chi connectivity index (χ1) is 9.91. The van der Waals surface area contributed by atoms with E-state index in [1.807, 2.05) is 0 Å². The lowest BCUT2D eigenvalue weighted by atomic mass is 10.2. The van der Waals surface area contributed by atoms with E-state index in [1.54, 1.807) is 0 Å². The number of nitrogens with one attached hydrogen (secondary N) is 3. The summed E-state index contributed by atoms with van der Waals surface area (Å²) in [5.41, 5.74) is 10.9. The minimum absolute atomic E-state index is 0.811. The van der Waals surface area contributed by atoms with Crippen molar-refractivity contribution >= 4 is 0 Å². The van der Waals surface area contributed by atoms with E-state index in [2.05, 4.69) is 16.0 Å². The molecule has 0 amide bonds. The summed E-state index contributed by atoms with van der Waals surface area (Å²) in [6.07, 6.45) is 8.39. The molecule has 0 radical (unpaired) electrons. The van der Waals surface area contributed by atoms with Crippen molar-refractivity contribution in [1.82, 2.24) is 16.0 Å². The zero-order valence-corrected chi connectivity index (χ0v) is 13.3. The highest BCUT2D eigenvalue weighted by atomic mass is 14.9. The second kappa shape index (κ2) is 18.8. The van der Waals surface area contributed by atoms with E-state index in [1.165, 1.54) is 32.1 Å². The third kappa shape index (κ3) is 17.8. The first-order valence-corrected chi connectivity index (χ1v) is 8.44. The molecule has 122 valence electrons. The molecule has 0 spiro atoms. The third-order valence-corrected chi connectivity index (χ3v) is 3.28. The number of unbranched alkanes of at least 4 members (excludes halogenated alkanes) is 3. The van der Waals surface area contributed by atoms with Crippen molar-refractivity contribution in [2.75, 3.05) is 52.4 Å². The van der Waals surface area contributed by atoms with E-state index < -0.39 is 0 Å². The Balaban J connectivity index is 2.89. The molecule has 0 fully saturated rings. The van der Waals surface area contributed by atoms with Crippen molar-refractivity contribution in [2.24, 2.45) is 11.5 Å². The van der Waals surface area contributed by atoms with Crippen LogP contribution in [0.3, 0.4) is 0 Å². The summed E-state index contributed by atoms with van der Waals surface area (Å²) >= 11 is 0. The first-order valence-electron chi connectivity index (χ1n) is 8.44. The zero-order chi connectivity index (χ0) is 14.7. The van der Waals surface area contributed by atoms with Crippen molar-refractivity contribution in [3.63, 3.8) is 0 Å². The Hall–Kier alpha value is -0.200. The SMILES string of the molecule is NCCCCNCCCCNCCCNCCCCN. The standard InChI is InChI=1S/C15H37N5/c16-8-1-3-10-18-12-5-6-13-20-15-7-14-19-11-4-2-9-17/h18-20H,1-17H2. The maximum atomic E-state index is 5.44. The van der Waals surface area contributed by atoms with Gasteiger partial charge in [-0.25, -0.2) is 0 Å². The van der Waals surface area contributed by atoms with Gasteiger partial charge in [-0.1, -0.05) is 0 Å². The van der Waals surface area contributed by atoms with Gasteiger partial charge >= 0.3 is 0 Å². The molecule has 0 saturated heterocycles. The molecule has 5 heteroatoms. The molecular weight excluding hydrogens is 250 g/mol. The van der Waals surface area contributed by atoms with Crippen LogP contribution >= 0.6 is 0 Å². The van der Waals surface area contributed by atoms with Crippen LogP contribution in [0.2, 0.25) is 0 Å². The van der Waals surface area contributed by atoms with Crippen LogP contribution in [0, 0.1) is 0 Å². The fraction of sp³-hybridized carbons (Fsp3) is 1.00.